The van der Waals surface area contributed by atoms with Gasteiger partial charge in [0, 0.05) is 12.8 Å². The highest BCUT2D eigenvalue weighted by atomic mass is 79.9. The maximum absolute atomic E-state index is 11.1. The van der Waals surface area contributed by atoms with E-state index in [4.69, 9.17) is 4.74 Å². The average molecular weight is 335 g/mol. The number of unbranched alkanes of at least 4 members (excludes halogenated alkanes) is 5. The van der Waals surface area contributed by atoms with E-state index < -0.39 is 0 Å². The van der Waals surface area contributed by atoms with E-state index in [9.17, 15) is 9.90 Å². The van der Waals surface area contributed by atoms with Gasteiger partial charge >= 0.3 is 5.97 Å². The van der Waals surface area contributed by atoms with Crippen LogP contribution in [0.2, 0.25) is 0 Å². The summed E-state index contributed by atoms with van der Waals surface area (Å²) in [4.78, 5) is 11.1. The number of aliphatic hydroxyl groups is 1. The average Bonchev–Trinajstić information content (AvgIpc) is 2.32. The van der Waals surface area contributed by atoms with Gasteiger partial charge in [-0.3, -0.25) is 4.79 Å². The molecule has 0 radical (unpaired) electrons. The fraction of sp³-hybridized carbons (Fsp3) is 0.800. The first-order chi connectivity index (χ1) is 9.06. The molecular weight excluding hydrogens is 308 g/mol. The number of halogens is 1. The van der Waals surface area contributed by atoms with Crippen molar-refractivity contribution >= 4 is 21.9 Å². The summed E-state index contributed by atoms with van der Waals surface area (Å²) >= 11 is 3.26. The van der Waals surface area contributed by atoms with E-state index in [0.717, 1.165) is 43.0 Å². The zero-order valence-electron chi connectivity index (χ0n) is 12.0. The van der Waals surface area contributed by atoms with Crippen molar-refractivity contribution in [3.05, 3.63) is 11.1 Å². The molecule has 0 aliphatic carbocycles. The van der Waals surface area contributed by atoms with Gasteiger partial charge < -0.3 is 9.84 Å². The molecule has 0 aromatic heterocycles. The van der Waals surface area contributed by atoms with E-state index >= 15 is 0 Å². The zero-order chi connectivity index (χ0) is 14.5. The molecule has 0 heterocycles. The van der Waals surface area contributed by atoms with Gasteiger partial charge in [-0.05, 0) is 24.2 Å². The van der Waals surface area contributed by atoms with E-state index in [1.807, 2.05) is 6.92 Å². The Morgan fingerprint density at radius 1 is 1.21 bits per heavy atom. The lowest BCUT2D eigenvalue weighted by molar-refractivity contribution is -0.143. The van der Waals surface area contributed by atoms with Crippen LogP contribution in [0.25, 0.3) is 0 Å². The summed E-state index contributed by atoms with van der Waals surface area (Å²) in [5.41, 5.74) is 0. The molecule has 1 atom stereocenters. The van der Waals surface area contributed by atoms with E-state index in [-0.39, 0.29) is 12.1 Å². The Balaban J connectivity index is 3.23. The van der Waals surface area contributed by atoms with Crippen LogP contribution in [-0.4, -0.2) is 23.8 Å². The monoisotopic (exact) mass is 334 g/mol. The number of hydrogen-bond donors (Lipinski definition) is 1. The van der Waals surface area contributed by atoms with Gasteiger partial charge in [-0.25, -0.2) is 0 Å². The topological polar surface area (TPSA) is 46.5 Å². The lowest BCUT2D eigenvalue weighted by Crippen LogP contribution is -2.05. The predicted molar refractivity (Wildman–Crippen MR) is 82.3 cm³/mol. The van der Waals surface area contributed by atoms with Crippen LogP contribution < -0.4 is 0 Å². The normalized spacial score (nSPS) is 12.2. The third-order valence-corrected chi connectivity index (χ3v) is 3.25. The largest absolute Gasteiger partial charge is 0.466 e. The van der Waals surface area contributed by atoms with Crippen LogP contribution in [0.5, 0.6) is 0 Å². The van der Waals surface area contributed by atoms with E-state index in [2.05, 4.69) is 22.5 Å². The Hall–Kier alpha value is -0.350. The Bertz CT molecular complexity index is 254. The Labute approximate surface area is 125 Å². The van der Waals surface area contributed by atoms with E-state index in [1.165, 1.54) is 6.42 Å². The molecule has 1 N–H and O–H groups in total. The van der Waals surface area contributed by atoms with Crippen LogP contribution >= 0.6 is 15.9 Å². The molecule has 4 heteroatoms. The number of carbonyl (C=O) groups excluding carboxylic acids is 1. The van der Waals surface area contributed by atoms with Gasteiger partial charge in [-0.1, -0.05) is 54.6 Å². The SMILES string of the molecule is C=C(Br)CC(O)CCCCCCCCC(=O)OCC. The first kappa shape index (κ1) is 18.7. The molecular formula is C15H27BrO3. The van der Waals surface area contributed by atoms with Crippen molar-refractivity contribution in [1.29, 1.82) is 0 Å². The number of aliphatic hydroxyl groups excluding tert-OH is 1. The molecule has 112 valence electrons. The van der Waals surface area contributed by atoms with Gasteiger partial charge in [-0.2, -0.15) is 0 Å². The molecule has 0 saturated carbocycles. The lowest BCUT2D eigenvalue weighted by Gasteiger charge is -2.09. The third-order valence-electron chi connectivity index (χ3n) is 2.93. The number of carbonyl (C=O) groups is 1. The van der Waals surface area contributed by atoms with Crippen molar-refractivity contribution in [3.63, 3.8) is 0 Å². The van der Waals surface area contributed by atoms with E-state index in [1.54, 1.807) is 0 Å². The molecule has 19 heavy (non-hydrogen) atoms. The molecule has 0 bridgehead atoms. The third kappa shape index (κ3) is 13.9. The van der Waals surface area contributed by atoms with Crippen LogP contribution in [-0.2, 0) is 9.53 Å². The van der Waals surface area contributed by atoms with Gasteiger partial charge in [0.2, 0.25) is 0 Å². The molecule has 0 aliphatic heterocycles. The van der Waals surface area contributed by atoms with Crippen molar-refractivity contribution in [2.75, 3.05) is 6.61 Å². The van der Waals surface area contributed by atoms with Gasteiger partial charge in [0.1, 0.15) is 0 Å². The molecule has 0 aliphatic rings. The number of rotatable bonds is 12. The second kappa shape index (κ2) is 12.7. The fourth-order valence-electron chi connectivity index (χ4n) is 1.95. The predicted octanol–water partition coefficient (Wildman–Crippen LogP) is 4.33. The number of hydrogen-bond acceptors (Lipinski definition) is 3. The first-order valence-electron chi connectivity index (χ1n) is 7.23. The standard InChI is InChI=1S/C15H27BrO3/c1-3-19-15(18)11-9-7-5-4-6-8-10-14(17)12-13(2)16/h14,17H,2-12H2,1H3. The Kier molecular flexibility index (Phi) is 12.4. The van der Waals surface area contributed by atoms with E-state index in [0.29, 0.717) is 19.4 Å². The van der Waals surface area contributed by atoms with Crippen LogP contribution in [0.15, 0.2) is 11.1 Å². The summed E-state index contributed by atoms with van der Waals surface area (Å²) in [6.45, 7) is 6.02. The fourth-order valence-corrected chi connectivity index (χ4v) is 2.32. The number of esters is 1. The molecule has 0 aromatic rings. The minimum Gasteiger partial charge on any atom is -0.466 e. The van der Waals surface area contributed by atoms with Crippen molar-refractivity contribution in [2.45, 2.75) is 70.8 Å². The van der Waals surface area contributed by atoms with Crippen LogP contribution in [0.1, 0.15) is 64.7 Å². The first-order valence-corrected chi connectivity index (χ1v) is 8.02. The number of ether oxygens (including phenoxy) is 1. The molecule has 0 amide bonds. The minimum absolute atomic E-state index is 0.0828. The maximum atomic E-state index is 11.1. The maximum Gasteiger partial charge on any atom is 0.305 e. The van der Waals surface area contributed by atoms with Crippen molar-refractivity contribution < 1.29 is 14.6 Å². The highest BCUT2D eigenvalue weighted by Crippen LogP contribution is 2.15. The molecule has 0 saturated heterocycles. The van der Waals surface area contributed by atoms with Crippen LogP contribution in [0.3, 0.4) is 0 Å². The summed E-state index contributed by atoms with van der Waals surface area (Å²) in [5, 5.41) is 9.63. The minimum atomic E-state index is -0.268. The summed E-state index contributed by atoms with van der Waals surface area (Å²) in [6, 6.07) is 0. The van der Waals surface area contributed by atoms with Gasteiger partial charge in [0.25, 0.3) is 0 Å². The summed E-state index contributed by atoms with van der Waals surface area (Å²) in [6.07, 6.45) is 8.28. The molecule has 0 fully saturated rings. The van der Waals surface area contributed by atoms with Gasteiger partial charge in [0.05, 0.1) is 12.7 Å². The highest BCUT2D eigenvalue weighted by Gasteiger charge is 2.04. The molecule has 0 rings (SSSR count). The van der Waals surface area contributed by atoms with Gasteiger partial charge in [0.15, 0.2) is 0 Å². The quantitative estimate of drug-likeness (QED) is 0.426. The van der Waals surface area contributed by atoms with Crippen molar-refractivity contribution in [3.8, 4) is 0 Å². The summed E-state index contributed by atoms with van der Waals surface area (Å²) < 4.78 is 5.73. The highest BCUT2D eigenvalue weighted by molar-refractivity contribution is 9.11. The molecule has 0 aromatic carbocycles. The molecule has 0 spiro atoms. The Morgan fingerprint density at radius 2 is 1.79 bits per heavy atom. The van der Waals surface area contributed by atoms with Crippen LogP contribution in [0.4, 0.5) is 0 Å². The summed E-state index contributed by atoms with van der Waals surface area (Å²) in [7, 11) is 0. The molecule has 3 nitrogen and oxygen atoms in total. The van der Waals surface area contributed by atoms with Crippen LogP contribution in [0, 0.1) is 0 Å². The smallest absolute Gasteiger partial charge is 0.305 e. The van der Waals surface area contributed by atoms with Gasteiger partial charge in [-0.15, -0.1) is 0 Å². The lowest BCUT2D eigenvalue weighted by atomic mass is 10.0. The second-order valence-electron chi connectivity index (χ2n) is 4.84. The van der Waals surface area contributed by atoms with Crippen molar-refractivity contribution in [2.24, 2.45) is 0 Å². The molecule has 1 unspecified atom stereocenters. The zero-order valence-corrected chi connectivity index (χ0v) is 13.6. The second-order valence-corrected chi connectivity index (χ2v) is 5.96. The Morgan fingerprint density at radius 3 is 2.37 bits per heavy atom. The summed E-state index contributed by atoms with van der Waals surface area (Å²) in [5.74, 6) is -0.0828. The van der Waals surface area contributed by atoms with Crippen molar-refractivity contribution in [1.82, 2.24) is 0 Å².